The van der Waals surface area contributed by atoms with Crippen molar-refractivity contribution < 1.29 is 0 Å². The van der Waals surface area contributed by atoms with E-state index in [0.29, 0.717) is 0 Å². The van der Waals surface area contributed by atoms with Gasteiger partial charge in [0.15, 0.2) is 0 Å². The Kier molecular flexibility index (Phi) is 3.71. The van der Waals surface area contributed by atoms with Gasteiger partial charge in [0, 0.05) is 23.1 Å². The lowest BCUT2D eigenvalue weighted by Gasteiger charge is -1.98. The quantitative estimate of drug-likeness (QED) is 0.658. The van der Waals surface area contributed by atoms with Crippen LogP contribution in [-0.4, -0.2) is 9.97 Å². The Morgan fingerprint density at radius 3 is 2.58 bits per heavy atom. The van der Waals surface area contributed by atoms with Gasteiger partial charge >= 0.3 is 0 Å². The minimum Gasteiger partial charge on any atom is -0.246 e. The van der Waals surface area contributed by atoms with Gasteiger partial charge in [-0.2, -0.15) is 0 Å². The minimum absolute atomic E-state index is 0.775. The lowest BCUT2D eigenvalue weighted by atomic mass is 10.2. The van der Waals surface area contributed by atoms with Gasteiger partial charge in [0.25, 0.3) is 0 Å². The van der Waals surface area contributed by atoms with Gasteiger partial charge < -0.3 is 0 Å². The Hall–Kier alpha value is -1.52. The molecule has 0 aliphatic rings. The van der Waals surface area contributed by atoms with Crippen LogP contribution in [0.1, 0.15) is 10.7 Å². The van der Waals surface area contributed by atoms with E-state index in [1.54, 1.807) is 11.3 Å². The van der Waals surface area contributed by atoms with E-state index in [-0.39, 0.29) is 0 Å². The van der Waals surface area contributed by atoms with Gasteiger partial charge in [-0.1, -0.05) is 36.4 Å². The fraction of sp³-hybridized carbons (Fsp3) is 0.0667. The van der Waals surface area contributed by atoms with E-state index in [1.165, 1.54) is 0 Å². The molecule has 0 spiro atoms. The summed E-state index contributed by atoms with van der Waals surface area (Å²) in [6.07, 6.45) is 0.775. The molecule has 94 valence electrons. The van der Waals surface area contributed by atoms with Crippen molar-refractivity contribution >= 4 is 27.3 Å². The summed E-state index contributed by atoms with van der Waals surface area (Å²) in [4.78, 5) is 9.10. The molecular weight excluding hydrogens is 320 g/mol. The molecule has 0 aliphatic heterocycles. The first-order valence-electron chi connectivity index (χ1n) is 5.92. The summed E-state index contributed by atoms with van der Waals surface area (Å²) >= 11 is 5.07. The van der Waals surface area contributed by atoms with Gasteiger partial charge in [-0.25, -0.2) is 9.97 Å². The second-order valence-electron chi connectivity index (χ2n) is 4.12. The number of aromatic nitrogens is 2. The maximum atomic E-state index is 4.67. The van der Waals surface area contributed by atoms with E-state index < -0.39 is 0 Å². The van der Waals surface area contributed by atoms with Crippen molar-refractivity contribution in [3.8, 4) is 11.3 Å². The van der Waals surface area contributed by atoms with Gasteiger partial charge in [0.2, 0.25) is 0 Å². The number of pyridine rings is 1. The van der Waals surface area contributed by atoms with E-state index in [2.05, 4.69) is 43.4 Å². The zero-order valence-electron chi connectivity index (χ0n) is 10.1. The molecule has 3 aromatic rings. The van der Waals surface area contributed by atoms with Gasteiger partial charge in [-0.05, 0) is 28.1 Å². The Morgan fingerprint density at radius 1 is 0.947 bits per heavy atom. The van der Waals surface area contributed by atoms with E-state index in [4.69, 9.17) is 0 Å². The third-order valence-corrected chi connectivity index (χ3v) is 4.02. The van der Waals surface area contributed by atoms with Crippen LogP contribution in [0.5, 0.6) is 0 Å². The molecule has 0 N–H and O–H groups in total. The second-order valence-corrected chi connectivity index (χ2v) is 5.88. The average molecular weight is 331 g/mol. The number of thiazole rings is 1. The number of rotatable bonds is 3. The van der Waals surface area contributed by atoms with Gasteiger partial charge in [-0.15, -0.1) is 11.3 Å². The van der Waals surface area contributed by atoms with Crippen LogP contribution in [0.25, 0.3) is 11.3 Å². The third kappa shape index (κ3) is 3.08. The largest absolute Gasteiger partial charge is 0.246 e. The molecule has 4 heteroatoms. The zero-order chi connectivity index (χ0) is 13.1. The van der Waals surface area contributed by atoms with E-state index in [0.717, 1.165) is 33.0 Å². The van der Waals surface area contributed by atoms with Crippen molar-refractivity contribution in [3.05, 3.63) is 69.2 Å². The highest BCUT2D eigenvalue weighted by atomic mass is 79.9. The first kappa shape index (κ1) is 12.5. The number of nitrogens with zero attached hydrogens (tertiary/aromatic N) is 2. The molecule has 2 aromatic heterocycles. The number of hydrogen-bond acceptors (Lipinski definition) is 3. The van der Waals surface area contributed by atoms with Crippen LogP contribution in [0.2, 0.25) is 0 Å². The Balaban J connectivity index is 1.82. The summed E-state index contributed by atoms with van der Waals surface area (Å²) in [5.74, 6) is 0. The SMILES string of the molecule is Brc1cccc(Cc2nc(-c3ccccc3)cs2)n1. The van der Waals surface area contributed by atoms with Crippen LogP contribution in [-0.2, 0) is 6.42 Å². The van der Waals surface area contributed by atoms with Crippen LogP contribution < -0.4 is 0 Å². The smallest absolute Gasteiger partial charge is 0.106 e. The molecule has 0 saturated carbocycles. The lowest BCUT2D eigenvalue weighted by Crippen LogP contribution is -1.91. The number of benzene rings is 1. The van der Waals surface area contributed by atoms with Gasteiger partial charge in [0.05, 0.1) is 10.7 Å². The molecule has 3 rings (SSSR count). The molecular formula is C15H11BrN2S. The highest BCUT2D eigenvalue weighted by Crippen LogP contribution is 2.23. The number of halogens is 1. The molecule has 0 fully saturated rings. The predicted molar refractivity (Wildman–Crippen MR) is 82.3 cm³/mol. The second kappa shape index (κ2) is 5.63. The maximum absolute atomic E-state index is 4.67. The van der Waals surface area contributed by atoms with Crippen LogP contribution in [0.4, 0.5) is 0 Å². The van der Waals surface area contributed by atoms with Gasteiger partial charge in [0.1, 0.15) is 4.60 Å². The van der Waals surface area contributed by atoms with Crippen LogP contribution in [0.15, 0.2) is 58.5 Å². The monoisotopic (exact) mass is 330 g/mol. The van der Waals surface area contributed by atoms with Crippen LogP contribution in [0.3, 0.4) is 0 Å². The molecule has 2 heterocycles. The average Bonchev–Trinajstić information content (AvgIpc) is 2.88. The third-order valence-electron chi connectivity index (χ3n) is 2.73. The van der Waals surface area contributed by atoms with Crippen molar-refractivity contribution in [1.82, 2.24) is 9.97 Å². The topological polar surface area (TPSA) is 25.8 Å². The molecule has 19 heavy (non-hydrogen) atoms. The Bertz CT molecular complexity index is 679. The van der Waals surface area contributed by atoms with Crippen molar-refractivity contribution in [1.29, 1.82) is 0 Å². The van der Waals surface area contributed by atoms with Gasteiger partial charge in [-0.3, -0.25) is 0 Å². The van der Waals surface area contributed by atoms with Crippen molar-refractivity contribution in [2.75, 3.05) is 0 Å². The molecule has 0 saturated heterocycles. The van der Waals surface area contributed by atoms with Crippen molar-refractivity contribution in [2.45, 2.75) is 6.42 Å². The molecule has 0 amide bonds. The maximum Gasteiger partial charge on any atom is 0.106 e. The number of hydrogen-bond donors (Lipinski definition) is 0. The highest BCUT2D eigenvalue weighted by Gasteiger charge is 2.06. The van der Waals surface area contributed by atoms with Crippen LogP contribution >= 0.6 is 27.3 Å². The predicted octanol–water partition coefficient (Wildman–Crippen LogP) is 4.56. The summed E-state index contributed by atoms with van der Waals surface area (Å²) in [5.41, 5.74) is 3.23. The summed E-state index contributed by atoms with van der Waals surface area (Å²) in [6.45, 7) is 0. The minimum atomic E-state index is 0.775. The fourth-order valence-corrected chi connectivity index (χ4v) is 3.04. The van der Waals surface area contributed by atoms with E-state index in [1.807, 2.05) is 36.4 Å². The molecule has 0 bridgehead atoms. The fourth-order valence-electron chi connectivity index (χ4n) is 1.84. The molecule has 0 unspecified atom stereocenters. The Morgan fingerprint density at radius 2 is 1.79 bits per heavy atom. The van der Waals surface area contributed by atoms with E-state index in [9.17, 15) is 0 Å². The first-order valence-corrected chi connectivity index (χ1v) is 7.60. The summed E-state index contributed by atoms with van der Waals surface area (Å²) < 4.78 is 0.866. The lowest BCUT2D eigenvalue weighted by molar-refractivity contribution is 1.04. The summed E-state index contributed by atoms with van der Waals surface area (Å²) in [5, 5.41) is 3.19. The first-order chi connectivity index (χ1) is 9.31. The standard InChI is InChI=1S/C15H11BrN2S/c16-14-8-4-7-12(17-14)9-15-18-13(10-19-15)11-5-2-1-3-6-11/h1-8,10H,9H2. The van der Waals surface area contributed by atoms with Crippen LogP contribution in [0, 0.1) is 0 Å². The summed E-state index contributed by atoms with van der Waals surface area (Å²) in [6, 6.07) is 16.2. The normalized spacial score (nSPS) is 10.6. The molecule has 0 radical (unpaired) electrons. The highest BCUT2D eigenvalue weighted by molar-refractivity contribution is 9.10. The van der Waals surface area contributed by atoms with Crippen molar-refractivity contribution in [3.63, 3.8) is 0 Å². The van der Waals surface area contributed by atoms with E-state index >= 15 is 0 Å². The molecule has 1 aromatic carbocycles. The Labute approximate surface area is 124 Å². The van der Waals surface area contributed by atoms with Crippen molar-refractivity contribution in [2.24, 2.45) is 0 Å². The zero-order valence-corrected chi connectivity index (χ0v) is 12.5. The summed E-state index contributed by atoms with van der Waals surface area (Å²) in [7, 11) is 0. The molecule has 2 nitrogen and oxygen atoms in total. The molecule has 0 atom stereocenters. The molecule has 0 aliphatic carbocycles.